The van der Waals surface area contributed by atoms with Crippen molar-refractivity contribution < 1.29 is 0 Å². The fourth-order valence-electron chi connectivity index (χ4n) is 0.540. The van der Waals surface area contributed by atoms with Gasteiger partial charge in [-0.25, -0.2) is 0 Å². The lowest BCUT2D eigenvalue weighted by molar-refractivity contribution is 0.500. The fourth-order valence-corrected chi connectivity index (χ4v) is 0.837. The molecule has 0 atom stereocenters. The summed E-state index contributed by atoms with van der Waals surface area (Å²) in [6.45, 7) is 15.3. The Morgan fingerprint density at radius 2 is 1.31 bits per heavy atom. The number of hydrogen-bond acceptors (Lipinski definition) is 0. The van der Waals surface area contributed by atoms with E-state index < -0.39 is 0 Å². The molecule has 0 amide bonds. The Morgan fingerprint density at radius 1 is 0.923 bits per heavy atom. The van der Waals surface area contributed by atoms with Crippen LogP contribution in [0.1, 0.15) is 48.5 Å². The zero-order valence-corrected chi connectivity index (χ0v) is 11.5. The number of rotatable bonds is 0. The second kappa shape index (κ2) is 4.02. The topological polar surface area (TPSA) is 0 Å². The van der Waals surface area contributed by atoms with Crippen molar-refractivity contribution in [2.24, 2.45) is 10.8 Å². The molecular formula is C12H21Br. The largest absolute Gasteiger partial charge is 0.110 e. The maximum atomic E-state index is 3.58. The van der Waals surface area contributed by atoms with Crippen LogP contribution in [0.15, 0.2) is 15.8 Å². The van der Waals surface area contributed by atoms with E-state index in [1.165, 1.54) is 5.57 Å². The Labute approximate surface area is 91.2 Å². The molecule has 0 aliphatic carbocycles. The second-order valence-corrected chi connectivity index (χ2v) is 6.36. The third-order valence-electron chi connectivity index (χ3n) is 2.08. The lowest BCUT2D eigenvalue weighted by Crippen LogP contribution is -2.07. The summed E-state index contributed by atoms with van der Waals surface area (Å²) >= 11 is 3.58. The number of allylic oxidation sites excluding steroid dienone is 1. The van der Waals surface area contributed by atoms with E-state index in [0.29, 0.717) is 0 Å². The van der Waals surface area contributed by atoms with Crippen molar-refractivity contribution >= 4 is 15.9 Å². The first kappa shape index (κ1) is 13.0. The molecule has 1 heteroatoms. The predicted molar refractivity (Wildman–Crippen MR) is 64.1 cm³/mol. The Kier molecular flexibility index (Phi) is 4.02. The summed E-state index contributed by atoms with van der Waals surface area (Å²) in [4.78, 5) is 0. The minimum atomic E-state index is 0.159. The zero-order chi connectivity index (χ0) is 10.9. The van der Waals surface area contributed by atoms with Crippen molar-refractivity contribution in [2.75, 3.05) is 0 Å². The molecule has 0 aliphatic rings. The molecule has 0 nitrogen and oxygen atoms in total. The van der Waals surface area contributed by atoms with Gasteiger partial charge in [0.2, 0.25) is 0 Å². The highest BCUT2D eigenvalue weighted by Crippen LogP contribution is 2.31. The highest BCUT2D eigenvalue weighted by molar-refractivity contribution is 9.11. The molecule has 0 aliphatic heterocycles. The Morgan fingerprint density at radius 3 is 1.54 bits per heavy atom. The molecule has 0 fully saturated rings. The van der Waals surface area contributed by atoms with Crippen LogP contribution in [0, 0.1) is 10.8 Å². The van der Waals surface area contributed by atoms with E-state index in [4.69, 9.17) is 0 Å². The van der Waals surface area contributed by atoms with Crippen molar-refractivity contribution in [1.29, 1.82) is 0 Å². The minimum Gasteiger partial charge on any atom is -0.110 e. The van der Waals surface area contributed by atoms with Gasteiger partial charge in [0, 0.05) is 9.90 Å². The first-order valence-corrected chi connectivity index (χ1v) is 5.48. The van der Waals surface area contributed by atoms with Gasteiger partial charge in [-0.2, -0.15) is 0 Å². The fraction of sp³-hybridized carbons (Fsp3) is 0.750. The van der Waals surface area contributed by atoms with Crippen molar-refractivity contribution in [3.8, 4) is 0 Å². The average Bonchev–Trinajstić information content (AvgIpc) is 1.82. The first-order valence-electron chi connectivity index (χ1n) is 4.69. The summed E-state index contributed by atoms with van der Waals surface area (Å²) in [6.07, 6.45) is 0. The Balaban J connectivity index is 5.13. The predicted octanol–water partition coefficient (Wildman–Crippen LogP) is 4.90. The molecule has 0 bridgehead atoms. The van der Waals surface area contributed by atoms with E-state index in [0.717, 1.165) is 4.48 Å². The van der Waals surface area contributed by atoms with Gasteiger partial charge in [-0.15, -0.1) is 5.73 Å². The molecule has 0 aromatic rings. The molecule has 0 saturated heterocycles. The molecule has 0 aromatic heterocycles. The molecule has 0 heterocycles. The summed E-state index contributed by atoms with van der Waals surface area (Å²) in [5, 5.41) is 0. The third-order valence-corrected chi connectivity index (χ3v) is 3.47. The highest BCUT2D eigenvalue weighted by atomic mass is 79.9. The van der Waals surface area contributed by atoms with Gasteiger partial charge in [-0.05, 0) is 33.8 Å². The van der Waals surface area contributed by atoms with Crippen LogP contribution in [-0.4, -0.2) is 0 Å². The first-order chi connectivity index (χ1) is 5.55. The van der Waals surface area contributed by atoms with E-state index in [1.54, 1.807) is 0 Å². The third kappa shape index (κ3) is 4.69. The lowest BCUT2D eigenvalue weighted by atomic mass is 9.87. The van der Waals surface area contributed by atoms with E-state index in [-0.39, 0.29) is 10.8 Å². The van der Waals surface area contributed by atoms with E-state index in [9.17, 15) is 0 Å². The van der Waals surface area contributed by atoms with E-state index in [1.807, 2.05) is 0 Å². The Hall–Kier alpha value is 0. The number of hydrogen-bond donors (Lipinski definition) is 0. The molecule has 0 aromatic carbocycles. The number of halogens is 1. The molecule has 0 rings (SSSR count). The van der Waals surface area contributed by atoms with Crippen LogP contribution in [0.3, 0.4) is 0 Å². The van der Waals surface area contributed by atoms with Gasteiger partial charge in [-0.1, -0.05) is 41.5 Å². The van der Waals surface area contributed by atoms with Gasteiger partial charge in [-0.3, -0.25) is 0 Å². The summed E-state index contributed by atoms with van der Waals surface area (Å²) < 4.78 is 1.15. The summed E-state index contributed by atoms with van der Waals surface area (Å²) in [7, 11) is 0. The monoisotopic (exact) mass is 244 g/mol. The summed E-state index contributed by atoms with van der Waals surface area (Å²) in [6, 6.07) is 0. The quantitative estimate of drug-likeness (QED) is 0.532. The van der Waals surface area contributed by atoms with Crippen LogP contribution in [0.2, 0.25) is 0 Å². The van der Waals surface area contributed by atoms with Crippen LogP contribution < -0.4 is 0 Å². The molecule has 0 radical (unpaired) electrons. The van der Waals surface area contributed by atoms with E-state index in [2.05, 4.69) is 70.1 Å². The van der Waals surface area contributed by atoms with Crippen LogP contribution >= 0.6 is 15.9 Å². The molecule has 13 heavy (non-hydrogen) atoms. The van der Waals surface area contributed by atoms with Gasteiger partial charge in [0.25, 0.3) is 0 Å². The van der Waals surface area contributed by atoms with Gasteiger partial charge in [0.15, 0.2) is 0 Å². The summed E-state index contributed by atoms with van der Waals surface area (Å²) in [5.41, 5.74) is 5.07. The highest BCUT2D eigenvalue weighted by Gasteiger charge is 2.16. The Bertz CT molecular complexity index is 215. The van der Waals surface area contributed by atoms with Crippen LogP contribution in [0.5, 0.6) is 0 Å². The molecule has 0 spiro atoms. The second-order valence-electron chi connectivity index (χ2n) is 5.56. The van der Waals surface area contributed by atoms with Gasteiger partial charge < -0.3 is 0 Å². The van der Waals surface area contributed by atoms with Crippen LogP contribution in [-0.2, 0) is 0 Å². The van der Waals surface area contributed by atoms with Crippen molar-refractivity contribution in [1.82, 2.24) is 0 Å². The van der Waals surface area contributed by atoms with Crippen LogP contribution in [0.4, 0.5) is 0 Å². The van der Waals surface area contributed by atoms with Crippen molar-refractivity contribution in [3.63, 3.8) is 0 Å². The lowest BCUT2D eigenvalue weighted by Gasteiger charge is -2.20. The maximum absolute atomic E-state index is 3.58. The van der Waals surface area contributed by atoms with Gasteiger partial charge in [0.1, 0.15) is 0 Å². The minimum absolute atomic E-state index is 0.159. The molecule has 0 unspecified atom stereocenters. The summed E-state index contributed by atoms with van der Waals surface area (Å²) in [5.74, 6) is 0. The van der Waals surface area contributed by atoms with Crippen LogP contribution in [0.25, 0.3) is 0 Å². The van der Waals surface area contributed by atoms with Gasteiger partial charge in [0.05, 0.1) is 0 Å². The molecule has 0 saturated carbocycles. The molecule has 76 valence electrons. The van der Waals surface area contributed by atoms with Crippen molar-refractivity contribution in [3.05, 3.63) is 15.8 Å². The molecular weight excluding hydrogens is 224 g/mol. The van der Waals surface area contributed by atoms with E-state index >= 15 is 0 Å². The smallest absolute Gasteiger partial charge is 0.0421 e. The standard InChI is InChI=1S/C12H21Br/c1-9(11(2,3)4)8-10(13)12(5,6)7/h1-7H3. The maximum Gasteiger partial charge on any atom is 0.0421 e. The SMILES string of the molecule is CC(=C=C(Br)C(C)(C)C)C(C)(C)C. The average molecular weight is 245 g/mol. The van der Waals surface area contributed by atoms with Gasteiger partial charge >= 0.3 is 0 Å². The molecule has 0 N–H and O–H groups in total. The van der Waals surface area contributed by atoms with Crippen molar-refractivity contribution in [2.45, 2.75) is 48.5 Å². The zero-order valence-electron chi connectivity index (χ0n) is 9.88. The normalized spacial score (nSPS) is 12.3.